The molecule has 1 saturated heterocycles. The molecule has 0 atom stereocenters. The smallest absolute Gasteiger partial charge is 0.416 e. The van der Waals surface area contributed by atoms with E-state index in [1.54, 1.807) is 18.0 Å². The number of aromatic nitrogens is 1. The number of rotatable bonds is 6. The van der Waals surface area contributed by atoms with E-state index in [1.807, 2.05) is 48.1 Å². The molecule has 2 heterocycles. The number of ether oxygens (including phenoxy) is 1. The van der Waals surface area contributed by atoms with Crippen molar-refractivity contribution in [2.75, 3.05) is 20.2 Å². The molecule has 0 saturated carbocycles. The second kappa shape index (κ2) is 12.8. The van der Waals surface area contributed by atoms with E-state index in [0.717, 1.165) is 36.7 Å². The first-order valence-corrected chi connectivity index (χ1v) is 12.1. The molecule has 6 nitrogen and oxygen atoms in total. The Labute approximate surface area is 212 Å². The minimum absolute atomic E-state index is 0.308. The van der Waals surface area contributed by atoms with E-state index in [0.29, 0.717) is 18.6 Å². The normalized spacial score (nSPS) is 15.4. The van der Waals surface area contributed by atoms with Crippen LogP contribution in [0.2, 0.25) is 0 Å². The van der Waals surface area contributed by atoms with Crippen LogP contribution in [0.15, 0.2) is 84.0 Å². The fourth-order valence-electron chi connectivity index (χ4n) is 3.79. The molecule has 36 heavy (non-hydrogen) atoms. The quantitative estimate of drug-likeness (QED) is 0.334. The predicted molar refractivity (Wildman–Crippen MR) is 132 cm³/mol. The van der Waals surface area contributed by atoms with Gasteiger partial charge in [-0.15, -0.1) is 11.8 Å². The van der Waals surface area contributed by atoms with Gasteiger partial charge in [0.25, 0.3) is 5.91 Å². The lowest BCUT2D eigenvalue weighted by molar-refractivity contribution is -0.137. The van der Waals surface area contributed by atoms with Gasteiger partial charge in [-0.05, 0) is 60.9 Å². The van der Waals surface area contributed by atoms with Crippen molar-refractivity contribution in [3.05, 3.63) is 90.3 Å². The van der Waals surface area contributed by atoms with Crippen LogP contribution in [0.4, 0.5) is 13.2 Å². The van der Waals surface area contributed by atoms with Crippen LogP contribution in [0.25, 0.3) is 0 Å². The first-order chi connectivity index (χ1) is 17.3. The summed E-state index contributed by atoms with van der Waals surface area (Å²) in [6.07, 6.45) is 0.762. The van der Waals surface area contributed by atoms with Crippen LogP contribution < -0.4 is 10.2 Å². The summed E-state index contributed by atoms with van der Waals surface area (Å²) < 4.78 is 40.0. The average Bonchev–Trinajstić information content (AvgIpc) is 2.90. The summed E-state index contributed by atoms with van der Waals surface area (Å²) in [5.41, 5.74) is 2.38. The van der Waals surface area contributed by atoms with Gasteiger partial charge in [0.1, 0.15) is 10.5 Å². The number of carbonyl (C=O) groups excluding carboxylic acids is 1. The largest absolute Gasteiger partial charge is 0.497 e. The molecular weight excluding hydrogens is 491 g/mol. The molecule has 1 aliphatic heterocycles. The summed E-state index contributed by atoms with van der Waals surface area (Å²) in [5.74, 6) is 0.111. The predicted octanol–water partition coefficient (Wildman–Crippen LogP) is 5.43. The number of hydrogen-bond acceptors (Lipinski definition) is 6. The Bertz CT molecular complexity index is 1080. The molecular formula is C26H28F3N3O3S. The number of nitrogens with zero attached hydrogens (tertiary/aromatic N) is 2. The number of alkyl halides is 3. The number of hydrogen-bond donors (Lipinski definition) is 2. The van der Waals surface area contributed by atoms with Crippen LogP contribution in [-0.4, -0.2) is 45.9 Å². The van der Waals surface area contributed by atoms with E-state index in [4.69, 9.17) is 4.74 Å². The number of pyridine rings is 1. The van der Waals surface area contributed by atoms with E-state index in [2.05, 4.69) is 16.0 Å². The summed E-state index contributed by atoms with van der Waals surface area (Å²) in [6, 6.07) is 18.4. The molecule has 10 heteroatoms. The molecule has 2 N–H and O–H groups in total. The number of piperidine rings is 1. The van der Waals surface area contributed by atoms with Crippen LogP contribution >= 0.6 is 11.8 Å². The van der Waals surface area contributed by atoms with Gasteiger partial charge in [-0.3, -0.25) is 19.9 Å². The number of halogens is 3. The van der Waals surface area contributed by atoms with Crippen LogP contribution in [0.3, 0.4) is 0 Å². The zero-order valence-electron chi connectivity index (χ0n) is 19.7. The van der Waals surface area contributed by atoms with E-state index < -0.39 is 16.5 Å². The van der Waals surface area contributed by atoms with Crippen molar-refractivity contribution in [1.29, 1.82) is 0 Å². The third-order valence-corrected chi connectivity index (χ3v) is 7.27. The Balaban J connectivity index is 0.000000253. The fraction of sp³-hybridized carbons (Fsp3) is 0.308. The van der Waals surface area contributed by atoms with Gasteiger partial charge >= 0.3 is 6.18 Å². The minimum atomic E-state index is -4.27. The minimum Gasteiger partial charge on any atom is -0.497 e. The average molecular weight is 520 g/mol. The lowest BCUT2D eigenvalue weighted by atomic mass is 9.94. The third-order valence-electron chi connectivity index (χ3n) is 5.78. The summed E-state index contributed by atoms with van der Waals surface area (Å²) >= 11 is 1.54. The first kappa shape index (κ1) is 27.5. The van der Waals surface area contributed by atoms with Crippen LogP contribution in [0.1, 0.15) is 24.0 Å². The summed E-state index contributed by atoms with van der Waals surface area (Å²) in [6.45, 7) is 2.45. The molecule has 1 amide bonds. The number of nitrogens with one attached hydrogen (secondary N) is 1. The van der Waals surface area contributed by atoms with E-state index in [-0.39, 0.29) is 5.91 Å². The monoisotopic (exact) mass is 519 g/mol. The number of methoxy groups -OCH3 is 1. The molecule has 0 spiro atoms. The van der Waals surface area contributed by atoms with Gasteiger partial charge in [-0.2, -0.15) is 13.2 Å². The number of hydroxylamine groups is 1. The lowest BCUT2D eigenvalue weighted by Gasteiger charge is -2.39. The molecule has 0 unspecified atom stereocenters. The Morgan fingerprint density at radius 1 is 1.08 bits per heavy atom. The second-order valence-electron chi connectivity index (χ2n) is 8.21. The van der Waals surface area contributed by atoms with Gasteiger partial charge in [-0.25, -0.2) is 5.48 Å². The number of carbonyl (C=O) groups is 1. The van der Waals surface area contributed by atoms with E-state index in [9.17, 15) is 23.2 Å². The summed E-state index contributed by atoms with van der Waals surface area (Å²) in [5, 5.41) is 9.20. The molecule has 3 aromatic rings. The fourth-order valence-corrected chi connectivity index (χ4v) is 5.06. The van der Waals surface area contributed by atoms with Gasteiger partial charge in [0, 0.05) is 36.9 Å². The first-order valence-electron chi connectivity index (χ1n) is 11.3. The molecule has 2 aromatic carbocycles. The van der Waals surface area contributed by atoms with Crippen molar-refractivity contribution in [1.82, 2.24) is 15.4 Å². The molecule has 192 valence electrons. The molecule has 4 rings (SSSR count). The number of benzene rings is 2. The highest BCUT2D eigenvalue weighted by atomic mass is 32.2. The van der Waals surface area contributed by atoms with Gasteiger partial charge in [0.15, 0.2) is 0 Å². The van der Waals surface area contributed by atoms with Crippen molar-refractivity contribution < 1.29 is 27.9 Å². The topological polar surface area (TPSA) is 74.7 Å². The maximum atomic E-state index is 12.3. The molecule has 1 aliphatic rings. The van der Waals surface area contributed by atoms with E-state index >= 15 is 0 Å². The highest BCUT2D eigenvalue weighted by molar-refractivity contribution is 8.01. The summed E-state index contributed by atoms with van der Waals surface area (Å²) in [7, 11) is 1.41. The Morgan fingerprint density at radius 3 is 2.28 bits per heavy atom. The zero-order valence-corrected chi connectivity index (χ0v) is 20.6. The molecule has 0 aliphatic carbocycles. The van der Waals surface area contributed by atoms with Crippen molar-refractivity contribution in [3.63, 3.8) is 0 Å². The number of amides is 1. The Kier molecular flexibility index (Phi) is 9.74. The van der Waals surface area contributed by atoms with Crippen LogP contribution in [-0.2, 0) is 17.5 Å². The van der Waals surface area contributed by atoms with Gasteiger partial charge in [0.05, 0.1) is 12.7 Å². The maximum absolute atomic E-state index is 12.3. The second-order valence-corrected chi connectivity index (χ2v) is 9.67. The SMILES string of the molecule is COc1ccc(C(F)(F)F)cc1.O=C(NO)C1(Sc2ccccc2)CCN(Cc2cccnc2)CC1. The standard InChI is InChI=1S/C18H21N3O2S.C8H7F3O/c22-17(20-23)18(24-16-6-2-1-3-7-16)8-11-21(12-9-18)14-15-5-4-10-19-13-15;1-12-7-4-2-6(3-5-7)8(9,10)11/h1-7,10,13,23H,8-9,11-12,14H2,(H,20,22);2-5H,1H3. The van der Waals surface area contributed by atoms with Crippen molar-refractivity contribution >= 4 is 17.7 Å². The van der Waals surface area contributed by atoms with Crippen LogP contribution in [0.5, 0.6) is 5.75 Å². The highest BCUT2D eigenvalue weighted by Gasteiger charge is 2.42. The van der Waals surface area contributed by atoms with Crippen molar-refractivity contribution in [2.24, 2.45) is 0 Å². The molecule has 0 radical (unpaired) electrons. The highest BCUT2D eigenvalue weighted by Crippen LogP contribution is 2.41. The third kappa shape index (κ3) is 7.71. The van der Waals surface area contributed by atoms with Gasteiger partial charge in [-0.1, -0.05) is 24.3 Å². The number of thioether (sulfide) groups is 1. The van der Waals surface area contributed by atoms with E-state index in [1.165, 1.54) is 24.8 Å². The van der Waals surface area contributed by atoms with Crippen molar-refractivity contribution in [3.8, 4) is 5.75 Å². The molecule has 1 fully saturated rings. The zero-order chi connectivity index (χ0) is 26.0. The lowest BCUT2D eigenvalue weighted by Crippen LogP contribution is -2.50. The van der Waals surface area contributed by atoms with Gasteiger partial charge < -0.3 is 4.74 Å². The molecule has 1 aromatic heterocycles. The van der Waals surface area contributed by atoms with Gasteiger partial charge in [0.2, 0.25) is 0 Å². The summed E-state index contributed by atoms with van der Waals surface area (Å²) in [4.78, 5) is 19.9. The van der Waals surface area contributed by atoms with Crippen molar-refractivity contribution in [2.45, 2.75) is 35.2 Å². The maximum Gasteiger partial charge on any atom is 0.416 e. The Morgan fingerprint density at radius 2 is 1.75 bits per heavy atom. The van der Waals surface area contributed by atoms with Crippen LogP contribution in [0, 0.1) is 0 Å². The Hall–Kier alpha value is -3.08. The molecule has 0 bridgehead atoms. The number of likely N-dealkylation sites (tertiary alicyclic amines) is 1.